The molecule has 27 heavy (non-hydrogen) atoms. The molecule has 138 valence electrons. The van der Waals surface area contributed by atoms with Gasteiger partial charge in [0, 0.05) is 49.4 Å². The lowest BCUT2D eigenvalue weighted by Gasteiger charge is -2.38. The third kappa shape index (κ3) is 3.26. The van der Waals surface area contributed by atoms with Gasteiger partial charge in [-0.25, -0.2) is 8.42 Å². The van der Waals surface area contributed by atoms with Gasteiger partial charge < -0.3 is 0 Å². The Balaban J connectivity index is 1.61. The molecule has 3 aromatic rings. The first-order valence-corrected chi connectivity index (χ1v) is 10.3. The number of hydrogen-bond donors (Lipinski definition) is 0. The Morgan fingerprint density at radius 2 is 1.70 bits per heavy atom. The monoisotopic (exact) mass is 379 g/mol. The minimum Gasteiger partial charge on any atom is -0.265 e. The maximum Gasteiger partial charge on any atom is 0.243 e. The number of rotatable bonds is 4. The van der Waals surface area contributed by atoms with Gasteiger partial charge in [0.05, 0.1) is 4.90 Å². The van der Waals surface area contributed by atoms with Gasteiger partial charge in [0.15, 0.2) is 0 Å². The quantitative estimate of drug-likeness (QED) is 0.695. The summed E-state index contributed by atoms with van der Waals surface area (Å²) >= 11 is 0. The van der Waals surface area contributed by atoms with E-state index in [1.165, 1.54) is 0 Å². The number of nitrogens with zero attached hydrogens (tertiary/aromatic N) is 3. The van der Waals surface area contributed by atoms with Gasteiger partial charge in [-0.15, -0.1) is 0 Å². The van der Waals surface area contributed by atoms with E-state index in [-0.39, 0.29) is 5.92 Å². The highest BCUT2D eigenvalue weighted by atomic mass is 32.2. The van der Waals surface area contributed by atoms with E-state index in [2.05, 4.69) is 9.97 Å². The van der Waals surface area contributed by atoms with Crippen molar-refractivity contribution in [1.82, 2.24) is 14.3 Å². The molecule has 0 radical (unpaired) electrons. The van der Waals surface area contributed by atoms with Crippen LogP contribution in [0.1, 0.15) is 22.6 Å². The van der Waals surface area contributed by atoms with E-state index in [0.29, 0.717) is 18.0 Å². The topological polar surface area (TPSA) is 63.2 Å². The molecule has 3 heterocycles. The molecule has 1 aliphatic heterocycles. The number of aromatic nitrogens is 2. The maximum absolute atomic E-state index is 13.1. The third-order valence-electron chi connectivity index (χ3n) is 5.14. The van der Waals surface area contributed by atoms with Crippen molar-refractivity contribution in [3.05, 3.63) is 77.9 Å². The van der Waals surface area contributed by atoms with Gasteiger partial charge in [-0.1, -0.05) is 6.07 Å². The predicted molar refractivity (Wildman–Crippen MR) is 105 cm³/mol. The Morgan fingerprint density at radius 3 is 2.37 bits per heavy atom. The summed E-state index contributed by atoms with van der Waals surface area (Å²) in [6, 6.07) is 11.5. The number of pyridine rings is 2. The van der Waals surface area contributed by atoms with Crippen LogP contribution in [-0.2, 0) is 10.0 Å². The smallest absolute Gasteiger partial charge is 0.243 e. The number of aryl methyl sites for hydroxylation is 2. The average Bonchev–Trinajstić information content (AvgIpc) is 2.63. The molecule has 1 aromatic carbocycles. The number of benzene rings is 1. The van der Waals surface area contributed by atoms with Crippen LogP contribution in [0.3, 0.4) is 0 Å². The normalized spacial score (nSPS) is 15.5. The summed E-state index contributed by atoms with van der Waals surface area (Å²) in [6.45, 7) is 4.81. The molecule has 6 heteroatoms. The van der Waals surface area contributed by atoms with Crippen LogP contribution >= 0.6 is 0 Å². The van der Waals surface area contributed by atoms with Gasteiger partial charge in [0.2, 0.25) is 10.0 Å². The van der Waals surface area contributed by atoms with Crippen LogP contribution in [0.25, 0.3) is 11.1 Å². The first-order valence-electron chi connectivity index (χ1n) is 8.88. The van der Waals surface area contributed by atoms with Crippen molar-refractivity contribution >= 4 is 10.0 Å². The van der Waals surface area contributed by atoms with E-state index in [1.54, 1.807) is 35.2 Å². The van der Waals surface area contributed by atoms with Crippen molar-refractivity contribution in [2.75, 3.05) is 13.1 Å². The van der Waals surface area contributed by atoms with Gasteiger partial charge in [-0.2, -0.15) is 4.31 Å². The molecule has 1 saturated heterocycles. The first-order chi connectivity index (χ1) is 13.0. The minimum atomic E-state index is -3.49. The van der Waals surface area contributed by atoms with Crippen molar-refractivity contribution in [3.63, 3.8) is 0 Å². The van der Waals surface area contributed by atoms with Gasteiger partial charge in [-0.05, 0) is 66.4 Å². The predicted octanol–water partition coefficient (Wildman–Crippen LogP) is 3.55. The van der Waals surface area contributed by atoms with Crippen molar-refractivity contribution in [1.29, 1.82) is 0 Å². The Morgan fingerprint density at radius 1 is 0.963 bits per heavy atom. The highest BCUT2D eigenvalue weighted by molar-refractivity contribution is 7.89. The van der Waals surface area contributed by atoms with Crippen LogP contribution in [0.15, 0.2) is 66.1 Å². The molecule has 4 rings (SSSR count). The lowest BCUT2D eigenvalue weighted by Crippen LogP contribution is -2.48. The second kappa shape index (κ2) is 6.87. The summed E-state index contributed by atoms with van der Waals surface area (Å²) in [6.07, 6.45) is 7.02. The largest absolute Gasteiger partial charge is 0.265 e. The Labute approximate surface area is 159 Å². The Bertz CT molecular complexity index is 1060. The van der Waals surface area contributed by atoms with Crippen LogP contribution in [0.4, 0.5) is 0 Å². The molecule has 2 aromatic heterocycles. The van der Waals surface area contributed by atoms with Crippen molar-refractivity contribution in [2.45, 2.75) is 24.7 Å². The van der Waals surface area contributed by atoms with Crippen molar-refractivity contribution in [2.24, 2.45) is 0 Å². The van der Waals surface area contributed by atoms with Gasteiger partial charge in [0.25, 0.3) is 0 Å². The van der Waals surface area contributed by atoms with Gasteiger partial charge in [0.1, 0.15) is 0 Å². The van der Waals surface area contributed by atoms with Gasteiger partial charge >= 0.3 is 0 Å². The van der Waals surface area contributed by atoms with E-state index in [1.807, 2.05) is 44.2 Å². The summed E-state index contributed by atoms with van der Waals surface area (Å²) in [5, 5.41) is 0. The van der Waals surface area contributed by atoms with Crippen LogP contribution in [0.2, 0.25) is 0 Å². The molecule has 0 atom stereocenters. The summed E-state index contributed by atoms with van der Waals surface area (Å²) in [7, 11) is -3.49. The zero-order chi connectivity index (χ0) is 19.0. The molecule has 0 amide bonds. The molecule has 0 N–H and O–H groups in total. The standard InChI is InChI=1S/C21H21N3O2S/c1-15-11-21(16(2)10-20(15)18-4-3-7-23-12-18)27(25,26)24-13-19(14-24)17-5-8-22-9-6-17/h3-12,19H,13-14H2,1-2H3. The highest BCUT2D eigenvalue weighted by Gasteiger charge is 2.38. The first kappa shape index (κ1) is 17.8. The summed E-state index contributed by atoms with van der Waals surface area (Å²) in [5.74, 6) is 0.235. The highest BCUT2D eigenvalue weighted by Crippen LogP contribution is 2.35. The van der Waals surface area contributed by atoms with E-state index < -0.39 is 10.0 Å². The number of sulfonamides is 1. The molecule has 5 nitrogen and oxygen atoms in total. The van der Waals surface area contributed by atoms with Crippen LogP contribution < -0.4 is 0 Å². The van der Waals surface area contributed by atoms with Gasteiger partial charge in [-0.3, -0.25) is 9.97 Å². The van der Waals surface area contributed by atoms with Crippen LogP contribution in [0, 0.1) is 13.8 Å². The third-order valence-corrected chi connectivity index (χ3v) is 7.11. The molecule has 0 aliphatic carbocycles. The fourth-order valence-corrected chi connectivity index (χ4v) is 5.34. The van der Waals surface area contributed by atoms with Crippen molar-refractivity contribution in [3.8, 4) is 11.1 Å². The lowest BCUT2D eigenvalue weighted by atomic mass is 9.95. The Hall–Kier alpha value is -2.57. The Kier molecular flexibility index (Phi) is 4.53. The van der Waals surface area contributed by atoms with E-state index in [0.717, 1.165) is 27.8 Å². The molecule has 1 aliphatic rings. The number of hydrogen-bond acceptors (Lipinski definition) is 4. The van der Waals surface area contributed by atoms with Crippen molar-refractivity contribution < 1.29 is 8.42 Å². The van der Waals surface area contributed by atoms with E-state index >= 15 is 0 Å². The molecule has 0 spiro atoms. The fourth-order valence-electron chi connectivity index (χ4n) is 3.52. The van der Waals surface area contributed by atoms with Crippen LogP contribution in [0.5, 0.6) is 0 Å². The van der Waals surface area contributed by atoms with E-state index in [4.69, 9.17) is 0 Å². The zero-order valence-electron chi connectivity index (χ0n) is 15.3. The zero-order valence-corrected chi connectivity index (χ0v) is 16.1. The second-order valence-corrected chi connectivity index (χ2v) is 8.88. The minimum absolute atomic E-state index is 0.235. The fraction of sp³-hybridized carbons (Fsp3) is 0.238. The average molecular weight is 379 g/mol. The molecule has 0 saturated carbocycles. The lowest BCUT2D eigenvalue weighted by molar-refractivity contribution is 0.264. The SMILES string of the molecule is Cc1cc(S(=O)(=O)N2CC(c3ccncc3)C2)c(C)cc1-c1cccnc1. The molecule has 0 unspecified atom stereocenters. The summed E-state index contributed by atoms with van der Waals surface area (Å²) in [5.41, 5.74) is 4.82. The molecule has 1 fully saturated rings. The van der Waals surface area contributed by atoms with E-state index in [9.17, 15) is 8.42 Å². The summed E-state index contributed by atoms with van der Waals surface area (Å²) in [4.78, 5) is 8.57. The molecular weight excluding hydrogens is 358 g/mol. The second-order valence-electron chi connectivity index (χ2n) is 6.97. The van der Waals surface area contributed by atoms with Crippen LogP contribution in [-0.4, -0.2) is 35.8 Å². The maximum atomic E-state index is 13.1. The molecule has 0 bridgehead atoms. The summed E-state index contributed by atoms with van der Waals surface area (Å²) < 4.78 is 27.8. The molecular formula is C21H21N3O2S.